The highest BCUT2D eigenvalue weighted by Crippen LogP contribution is 2.23. The number of rotatable bonds is 4. The van der Waals surface area contributed by atoms with Crippen molar-refractivity contribution < 1.29 is 14.0 Å². The molecule has 0 radical (unpaired) electrons. The number of amides is 1. The van der Waals surface area contributed by atoms with Gasteiger partial charge in [0.15, 0.2) is 5.76 Å². The number of allylic oxidation sites excluding steroid dienone is 1. The maximum atomic E-state index is 12.2. The fraction of sp³-hybridized carbons (Fsp3) is 0.0526. The number of halogens is 1. The van der Waals surface area contributed by atoms with E-state index in [9.17, 15) is 9.59 Å². The fourth-order valence-corrected chi connectivity index (χ4v) is 2.46. The smallest absolute Gasteiger partial charge is 0.251 e. The minimum absolute atomic E-state index is 0.150. The molecule has 4 nitrogen and oxygen atoms in total. The lowest BCUT2D eigenvalue weighted by Gasteiger charge is -1.99. The number of carbonyl (C=O) groups excluding carboxylic acids is 2. The number of benzene rings is 2. The van der Waals surface area contributed by atoms with Crippen LogP contribution in [0.5, 0.6) is 0 Å². The summed E-state index contributed by atoms with van der Waals surface area (Å²) in [4.78, 5) is 23.7. The lowest BCUT2D eigenvalue weighted by molar-refractivity contribution is 0.0962. The van der Waals surface area contributed by atoms with Crippen molar-refractivity contribution in [1.29, 1.82) is 0 Å². The molecule has 0 spiro atoms. The van der Waals surface area contributed by atoms with Crippen LogP contribution in [0.25, 0.3) is 17.0 Å². The van der Waals surface area contributed by atoms with Gasteiger partial charge in [-0.3, -0.25) is 9.59 Å². The lowest BCUT2D eigenvalue weighted by atomic mass is 10.1. The molecule has 0 fully saturated rings. The normalized spacial score (nSPS) is 11.1. The summed E-state index contributed by atoms with van der Waals surface area (Å²) in [6, 6.07) is 13.8. The Morgan fingerprint density at radius 3 is 2.54 bits per heavy atom. The highest BCUT2D eigenvalue weighted by Gasteiger charge is 2.10. The van der Waals surface area contributed by atoms with E-state index in [0.717, 1.165) is 10.9 Å². The van der Waals surface area contributed by atoms with Crippen molar-refractivity contribution in [2.45, 2.75) is 0 Å². The second kappa shape index (κ2) is 6.72. The van der Waals surface area contributed by atoms with Gasteiger partial charge in [-0.05, 0) is 48.0 Å². The Hall–Kier alpha value is -2.85. The molecule has 0 saturated heterocycles. The zero-order chi connectivity index (χ0) is 17.1. The molecule has 1 amide bonds. The van der Waals surface area contributed by atoms with Gasteiger partial charge < -0.3 is 9.73 Å². The first-order chi connectivity index (χ1) is 11.6. The number of fused-ring (bicyclic) bond motifs is 1. The summed E-state index contributed by atoms with van der Waals surface area (Å²) in [6.45, 7) is 0. The van der Waals surface area contributed by atoms with Crippen LogP contribution in [-0.2, 0) is 0 Å². The van der Waals surface area contributed by atoms with Crippen LogP contribution in [0.1, 0.15) is 26.5 Å². The molecule has 0 aliphatic rings. The average Bonchev–Trinajstić information content (AvgIpc) is 3.02. The second-order valence-electron chi connectivity index (χ2n) is 5.19. The molecule has 2 aromatic carbocycles. The van der Waals surface area contributed by atoms with Gasteiger partial charge >= 0.3 is 0 Å². The van der Waals surface area contributed by atoms with Crippen LogP contribution in [0.2, 0.25) is 5.02 Å². The molecule has 120 valence electrons. The average molecular weight is 340 g/mol. The van der Waals surface area contributed by atoms with Crippen LogP contribution in [0, 0.1) is 0 Å². The summed E-state index contributed by atoms with van der Waals surface area (Å²) in [5.74, 6) is -0.134. The molecule has 0 bridgehead atoms. The van der Waals surface area contributed by atoms with Gasteiger partial charge in [0.25, 0.3) is 5.91 Å². The molecule has 0 unspecified atom stereocenters. The Morgan fingerprint density at radius 1 is 1.08 bits per heavy atom. The molecule has 3 aromatic rings. The summed E-state index contributed by atoms with van der Waals surface area (Å²) in [6.07, 6.45) is 3.12. The Labute approximate surface area is 143 Å². The van der Waals surface area contributed by atoms with Gasteiger partial charge in [0.1, 0.15) is 5.58 Å². The van der Waals surface area contributed by atoms with Gasteiger partial charge in [0, 0.05) is 23.0 Å². The molecule has 0 saturated carbocycles. The van der Waals surface area contributed by atoms with Crippen molar-refractivity contribution in [3.05, 3.63) is 76.5 Å². The number of nitrogens with one attached hydrogen (secondary N) is 1. The van der Waals surface area contributed by atoms with Crippen molar-refractivity contribution in [2.24, 2.45) is 0 Å². The van der Waals surface area contributed by atoms with Gasteiger partial charge in [-0.25, -0.2) is 0 Å². The van der Waals surface area contributed by atoms with Gasteiger partial charge in [-0.1, -0.05) is 29.8 Å². The first kappa shape index (κ1) is 16.0. The molecular weight excluding hydrogens is 326 g/mol. The lowest BCUT2D eigenvalue weighted by Crippen LogP contribution is -2.17. The third-order valence-corrected chi connectivity index (χ3v) is 3.78. The van der Waals surface area contributed by atoms with Crippen molar-refractivity contribution in [2.75, 3.05) is 7.05 Å². The Morgan fingerprint density at radius 2 is 1.83 bits per heavy atom. The van der Waals surface area contributed by atoms with Crippen molar-refractivity contribution in [1.82, 2.24) is 5.32 Å². The predicted octanol–water partition coefficient (Wildman–Crippen LogP) is 4.34. The maximum Gasteiger partial charge on any atom is 0.251 e. The van der Waals surface area contributed by atoms with E-state index in [1.54, 1.807) is 61.7 Å². The second-order valence-corrected chi connectivity index (χ2v) is 5.63. The van der Waals surface area contributed by atoms with E-state index >= 15 is 0 Å². The highest BCUT2D eigenvalue weighted by atomic mass is 35.5. The standard InChI is InChI=1S/C19H14ClNO3/c1-21-19(23)13-5-2-12(3-6-13)4-8-16(22)18-11-14-10-15(20)7-9-17(14)24-18/h2-11H,1H3,(H,21,23)/b8-4+. The van der Waals surface area contributed by atoms with Crippen LogP contribution in [-0.4, -0.2) is 18.7 Å². The van der Waals surface area contributed by atoms with Crippen LogP contribution in [0.4, 0.5) is 0 Å². The quantitative estimate of drug-likeness (QED) is 0.568. The number of carbonyl (C=O) groups is 2. The molecule has 1 heterocycles. The van der Waals surface area contributed by atoms with Gasteiger partial charge in [-0.15, -0.1) is 0 Å². The summed E-state index contributed by atoms with van der Waals surface area (Å²) in [5, 5.41) is 3.93. The molecule has 24 heavy (non-hydrogen) atoms. The summed E-state index contributed by atoms with van der Waals surface area (Å²) < 4.78 is 5.53. The summed E-state index contributed by atoms with van der Waals surface area (Å²) in [7, 11) is 1.58. The minimum atomic E-state index is -0.238. The largest absolute Gasteiger partial charge is 0.453 e. The minimum Gasteiger partial charge on any atom is -0.453 e. The third kappa shape index (κ3) is 3.39. The highest BCUT2D eigenvalue weighted by molar-refractivity contribution is 6.31. The fourth-order valence-electron chi connectivity index (χ4n) is 2.28. The van der Waals surface area contributed by atoms with E-state index in [1.807, 2.05) is 0 Å². The Bertz CT molecular complexity index is 939. The molecule has 1 N–H and O–H groups in total. The molecule has 1 aromatic heterocycles. The predicted molar refractivity (Wildman–Crippen MR) is 94.4 cm³/mol. The zero-order valence-corrected chi connectivity index (χ0v) is 13.6. The van der Waals surface area contributed by atoms with Crippen LogP contribution in [0.3, 0.4) is 0 Å². The molecule has 5 heteroatoms. The number of ketones is 1. The Kier molecular flexibility index (Phi) is 4.49. The van der Waals surface area contributed by atoms with E-state index in [1.165, 1.54) is 6.08 Å². The van der Waals surface area contributed by atoms with Crippen molar-refractivity contribution in [3.63, 3.8) is 0 Å². The van der Waals surface area contributed by atoms with Crippen molar-refractivity contribution in [3.8, 4) is 0 Å². The maximum absolute atomic E-state index is 12.2. The SMILES string of the molecule is CNC(=O)c1ccc(/C=C/C(=O)c2cc3cc(Cl)ccc3o2)cc1. The first-order valence-corrected chi connectivity index (χ1v) is 7.68. The van der Waals surface area contributed by atoms with E-state index in [4.69, 9.17) is 16.0 Å². The Balaban J connectivity index is 1.77. The molecule has 3 rings (SSSR count). The van der Waals surface area contributed by atoms with Gasteiger partial charge in [0.2, 0.25) is 5.78 Å². The van der Waals surface area contributed by atoms with Gasteiger partial charge in [-0.2, -0.15) is 0 Å². The zero-order valence-electron chi connectivity index (χ0n) is 12.9. The van der Waals surface area contributed by atoms with Crippen molar-refractivity contribution >= 4 is 40.3 Å². The summed E-state index contributed by atoms with van der Waals surface area (Å²) >= 11 is 5.93. The summed E-state index contributed by atoms with van der Waals surface area (Å²) in [5.41, 5.74) is 2.00. The molecular formula is C19H14ClNO3. The van der Waals surface area contributed by atoms with Gasteiger partial charge in [0.05, 0.1) is 0 Å². The topological polar surface area (TPSA) is 59.3 Å². The number of furan rings is 1. The van der Waals surface area contributed by atoms with E-state index in [0.29, 0.717) is 16.2 Å². The molecule has 0 aliphatic heterocycles. The third-order valence-electron chi connectivity index (χ3n) is 3.55. The monoisotopic (exact) mass is 339 g/mol. The van der Waals surface area contributed by atoms with E-state index in [-0.39, 0.29) is 17.5 Å². The van der Waals surface area contributed by atoms with E-state index < -0.39 is 0 Å². The molecule has 0 atom stereocenters. The first-order valence-electron chi connectivity index (χ1n) is 7.30. The molecule has 0 aliphatic carbocycles. The van der Waals surface area contributed by atoms with E-state index in [2.05, 4.69) is 5.32 Å². The van der Waals surface area contributed by atoms with Crippen LogP contribution >= 0.6 is 11.6 Å². The number of hydrogen-bond donors (Lipinski definition) is 1. The van der Waals surface area contributed by atoms with Crippen LogP contribution < -0.4 is 5.32 Å². The van der Waals surface area contributed by atoms with Crippen LogP contribution in [0.15, 0.2) is 59.0 Å². The number of hydrogen-bond acceptors (Lipinski definition) is 3.